The molecule has 2 heterocycles. The lowest BCUT2D eigenvalue weighted by Crippen LogP contribution is -2.41. The number of carbonyl (C=O) groups excluding carboxylic acids is 1. The Labute approximate surface area is 169 Å². The molecule has 2 aromatic heterocycles. The molecule has 1 amide bonds. The molecular weight excluding hydrogens is 370 g/mol. The molecule has 28 heavy (non-hydrogen) atoms. The van der Waals surface area contributed by atoms with E-state index in [2.05, 4.69) is 12.2 Å². The van der Waals surface area contributed by atoms with E-state index in [1.54, 1.807) is 11.3 Å². The van der Waals surface area contributed by atoms with E-state index < -0.39 is 0 Å². The number of nitrogens with zero attached hydrogens (tertiary/aromatic N) is 2. The Morgan fingerprint density at radius 3 is 2.82 bits per heavy atom. The minimum atomic E-state index is 0.106. The average molecular weight is 398 g/mol. The van der Waals surface area contributed by atoms with Gasteiger partial charge in [-0.05, 0) is 49.9 Å². The fourth-order valence-corrected chi connectivity index (χ4v) is 4.81. The summed E-state index contributed by atoms with van der Waals surface area (Å²) >= 11 is 1.58. The van der Waals surface area contributed by atoms with Gasteiger partial charge in [0.2, 0.25) is 5.91 Å². The van der Waals surface area contributed by atoms with Crippen LogP contribution in [0.5, 0.6) is 5.75 Å². The predicted octanol–water partition coefficient (Wildman–Crippen LogP) is 4.70. The maximum atomic E-state index is 12.6. The number of benzene rings is 1. The first-order chi connectivity index (χ1) is 13.6. The van der Waals surface area contributed by atoms with Crippen LogP contribution in [0.15, 0.2) is 35.8 Å². The van der Waals surface area contributed by atoms with Crippen molar-refractivity contribution >= 4 is 22.2 Å². The Morgan fingerprint density at radius 1 is 1.29 bits per heavy atom. The zero-order valence-electron chi connectivity index (χ0n) is 16.5. The summed E-state index contributed by atoms with van der Waals surface area (Å²) in [5.74, 6) is 1.54. The highest BCUT2D eigenvalue weighted by Crippen LogP contribution is 2.26. The molecular formula is C22H27N3O2S. The summed E-state index contributed by atoms with van der Waals surface area (Å²) < 4.78 is 7.55. The average Bonchev–Trinajstić information content (AvgIpc) is 3.27. The summed E-state index contributed by atoms with van der Waals surface area (Å²) in [6, 6.07) is 8.29. The van der Waals surface area contributed by atoms with Crippen LogP contribution >= 0.6 is 11.3 Å². The number of imidazole rings is 1. The number of thiazole rings is 1. The number of carbonyl (C=O) groups is 1. The van der Waals surface area contributed by atoms with Crippen molar-refractivity contribution in [3.05, 3.63) is 41.5 Å². The summed E-state index contributed by atoms with van der Waals surface area (Å²) in [6.07, 6.45) is 7.21. The van der Waals surface area contributed by atoms with Gasteiger partial charge in [-0.2, -0.15) is 0 Å². The predicted molar refractivity (Wildman–Crippen MR) is 113 cm³/mol. The van der Waals surface area contributed by atoms with Crippen LogP contribution < -0.4 is 10.1 Å². The molecule has 0 radical (unpaired) electrons. The molecule has 6 heteroatoms. The lowest BCUT2D eigenvalue weighted by atomic mass is 9.86. The highest BCUT2D eigenvalue weighted by atomic mass is 32.1. The lowest BCUT2D eigenvalue weighted by Gasteiger charge is -2.29. The van der Waals surface area contributed by atoms with E-state index in [1.165, 1.54) is 19.3 Å². The molecule has 5 nitrogen and oxygen atoms in total. The zero-order chi connectivity index (χ0) is 19.5. The number of amides is 1. The van der Waals surface area contributed by atoms with E-state index in [0.29, 0.717) is 25.0 Å². The first-order valence-corrected chi connectivity index (χ1v) is 11.0. The van der Waals surface area contributed by atoms with Gasteiger partial charge in [-0.1, -0.05) is 19.8 Å². The highest BCUT2D eigenvalue weighted by molar-refractivity contribution is 7.15. The number of ether oxygens (including phenoxy) is 1. The Kier molecular flexibility index (Phi) is 5.67. The third-order valence-electron chi connectivity index (χ3n) is 5.54. The first-order valence-electron chi connectivity index (χ1n) is 10.1. The van der Waals surface area contributed by atoms with Gasteiger partial charge in [-0.25, -0.2) is 4.98 Å². The van der Waals surface area contributed by atoms with Gasteiger partial charge in [-0.15, -0.1) is 11.3 Å². The van der Waals surface area contributed by atoms with Crippen LogP contribution in [0.2, 0.25) is 0 Å². The molecule has 2 atom stereocenters. The molecule has 0 spiro atoms. The van der Waals surface area contributed by atoms with E-state index in [9.17, 15) is 4.79 Å². The van der Waals surface area contributed by atoms with Gasteiger partial charge >= 0.3 is 0 Å². The van der Waals surface area contributed by atoms with Crippen LogP contribution in [-0.2, 0) is 11.2 Å². The summed E-state index contributed by atoms with van der Waals surface area (Å²) in [4.78, 5) is 18.2. The van der Waals surface area contributed by atoms with Crippen LogP contribution in [0.4, 0.5) is 0 Å². The smallest absolute Gasteiger partial charge is 0.226 e. The number of rotatable bonds is 6. The molecule has 0 saturated heterocycles. The van der Waals surface area contributed by atoms with Gasteiger partial charge in [0.25, 0.3) is 0 Å². The third kappa shape index (κ3) is 4.07. The Bertz CT molecular complexity index is 945. The number of aromatic nitrogens is 2. The fraction of sp³-hybridized carbons (Fsp3) is 0.455. The summed E-state index contributed by atoms with van der Waals surface area (Å²) in [5.41, 5.74) is 2.95. The molecule has 2 unspecified atom stereocenters. The summed E-state index contributed by atoms with van der Waals surface area (Å²) in [6.45, 7) is 4.88. The maximum absolute atomic E-state index is 12.6. The summed E-state index contributed by atoms with van der Waals surface area (Å²) in [5, 5.41) is 5.28. The van der Waals surface area contributed by atoms with E-state index in [1.807, 2.05) is 47.2 Å². The van der Waals surface area contributed by atoms with Crippen LogP contribution in [0.1, 0.15) is 45.2 Å². The maximum Gasteiger partial charge on any atom is 0.226 e. The van der Waals surface area contributed by atoms with E-state index >= 15 is 0 Å². The largest absolute Gasteiger partial charge is 0.494 e. The number of hydrogen-bond donors (Lipinski definition) is 1. The van der Waals surface area contributed by atoms with Crippen LogP contribution in [0.3, 0.4) is 0 Å². The molecule has 1 aromatic carbocycles. The van der Waals surface area contributed by atoms with Gasteiger partial charge in [0.1, 0.15) is 5.75 Å². The minimum absolute atomic E-state index is 0.106. The molecule has 4 rings (SSSR count). The van der Waals surface area contributed by atoms with Gasteiger partial charge in [0, 0.05) is 28.9 Å². The molecule has 1 aliphatic carbocycles. The van der Waals surface area contributed by atoms with Crippen molar-refractivity contribution in [2.75, 3.05) is 6.61 Å². The second-order valence-electron chi connectivity index (χ2n) is 7.58. The first kappa shape index (κ1) is 19.0. The molecule has 3 aromatic rings. The van der Waals surface area contributed by atoms with Crippen LogP contribution in [0, 0.1) is 5.92 Å². The Morgan fingerprint density at radius 2 is 2.07 bits per heavy atom. The summed E-state index contributed by atoms with van der Waals surface area (Å²) in [7, 11) is 0. The van der Waals surface area contributed by atoms with Gasteiger partial charge in [0.15, 0.2) is 4.96 Å². The van der Waals surface area contributed by atoms with E-state index in [4.69, 9.17) is 9.72 Å². The Balaban J connectivity index is 1.47. The van der Waals surface area contributed by atoms with Crippen molar-refractivity contribution in [2.45, 2.75) is 52.0 Å². The fourth-order valence-electron chi connectivity index (χ4n) is 3.94. The van der Waals surface area contributed by atoms with E-state index in [0.717, 1.165) is 34.1 Å². The SMILES string of the molecule is CCOc1ccc(-c2cn3c(CC(=O)NC4CCCCC4C)csc3n2)cc1. The minimum Gasteiger partial charge on any atom is -0.494 e. The standard InChI is InChI=1S/C22H27N3O2S/c1-3-27-18-10-8-16(9-11-18)20-13-25-17(14-28-22(25)24-20)12-21(26)23-19-7-5-4-6-15(19)2/h8-11,13-15,19H,3-7,12H2,1-2H3,(H,23,26). The monoisotopic (exact) mass is 397 g/mol. The molecule has 0 aliphatic heterocycles. The third-order valence-corrected chi connectivity index (χ3v) is 6.43. The van der Waals surface area contributed by atoms with E-state index in [-0.39, 0.29) is 5.91 Å². The second-order valence-corrected chi connectivity index (χ2v) is 8.41. The van der Waals surface area contributed by atoms with Crippen molar-refractivity contribution in [3.63, 3.8) is 0 Å². The van der Waals surface area contributed by atoms with Crippen LogP contribution in [0.25, 0.3) is 16.2 Å². The van der Waals surface area contributed by atoms with Gasteiger partial charge in [0.05, 0.1) is 18.7 Å². The van der Waals surface area contributed by atoms with Crippen molar-refractivity contribution in [1.82, 2.24) is 14.7 Å². The quantitative estimate of drug-likeness (QED) is 0.656. The Hall–Kier alpha value is -2.34. The van der Waals surface area contributed by atoms with Crippen molar-refractivity contribution in [2.24, 2.45) is 5.92 Å². The van der Waals surface area contributed by atoms with Crippen LogP contribution in [-0.4, -0.2) is 27.9 Å². The van der Waals surface area contributed by atoms with Crippen molar-refractivity contribution in [1.29, 1.82) is 0 Å². The van der Waals surface area contributed by atoms with Crippen molar-refractivity contribution < 1.29 is 9.53 Å². The molecule has 1 N–H and O–H groups in total. The number of fused-ring (bicyclic) bond motifs is 1. The molecule has 1 fully saturated rings. The number of nitrogens with one attached hydrogen (secondary N) is 1. The normalized spacial score (nSPS) is 19.6. The topological polar surface area (TPSA) is 55.6 Å². The molecule has 148 valence electrons. The van der Waals surface area contributed by atoms with Crippen molar-refractivity contribution in [3.8, 4) is 17.0 Å². The number of hydrogen-bond acceptors (Lipinski definition) is 4. The van der Waals surface area contributed by atoms with Gasteiger partial charge < -0.3 is 10.1 Å². The molecule has 0 bridgehead atoms. The second kappa shape index (κ2) is 8.35. The highest BCUT2D eigenvalue weighted by Gasteiger charge is 2.23. The van der Waals surface area contributed by atoms with Gasteiger partial charge in [-0.3, -0.25) is 9.20 Å². The molecule has 1 saturated carbocycles. The zero-order valence-corrected chi connectivity index (χ0v) is 17.3. The lowest BCUT2D eigenvalue weighted by molar-refractivity contribution is -0.121. The molecule has 1 aliphatic rings.